The Bertz CT molecular complexity index is 1400. The summed E-state index contributed by atoms with van der Waals surface area (Å²) in [6, 6.07) is 6.58. The van der Waals surface area contributed by atoms with Crippen LogP contribution in [0.2, 0.25) is 0 Å². The van der Waals surface area contributed by atoms with Gasteiger partial charge in [-0.05, 0) is 38.1 Å². The summed E-state index contributed by atoms with van der Waals surface area (Å²) >= 11 is 1.08. The van der Waals surface area contributed by atoms with Crippen LogP contribution in [0.3, 0.4) is 0 Å². The van der Waals surface area contributed by atoms with Crippen molar-refractivity contribution in [2.24, 2.45) is 33.3 Å². The number of rotatable bonds is 15. The lowest BCUT2D eigenvalue weighted by molar-refractivity contribution is -0.228. The van der Waals surface area contributed by atoms with Crippen LogP contribution >= 0.6 is 11.3 Å². The molecule has 224 valence electrons. The van der Waals surface area contributed by atoms with Gasteiger partial charge in [0.1, 0.15) is 23.9 Å². The van der Waals surface area contributed by atoms with Crippen molar-refractivity contribution < 1.29 is 36.4 Å². The van der Waals surface area contributed by atoms with Crippen LogP contribution in [0.25, 0.3) is 0 Å². The Balaban J connectivity index is 1.60. The van der Waals surface area contributed by atoms with Crippen molar-refractivity contribution in [1.82, 2.24) is 10.0 Å². The fourth-order valence-corrected chi connectivity index (χ4v) is 4.79. The van der Waals surface area contributed by atoms with E-state index < -0.39 is 33.5 Å². The number of benzene rings is 1. The van der Waals surface area contributed by atoms with Gasteiger partial charge in [0, 0.05) is 30.5 Å². The molecule has 0 spiro atoms. The molecule has 1 atom stereocenters. The molecule has 16 nitrogen and oxygen atoms in total. The van der Waals surface area contributed by atoms with Crippen molar-refractivity contribution >= 4 is 50.1 Å². The van der Waals surface area contributed by atoms with Gasteiger partial charge < -0.3 is 32.5 Å². The zero-order valence-corrected chi connectivity index (χ0v) is 23.9. The van der Waals surface area contributed by atoms with Crippen molar-refractivity contribution in [2.45, 2.75) is 31.8 Å². The molecule has 18 heteroatoms. The van der Waals surface area contributed by atoms with Gasteiger partial charge in [-0.25, -0.2) is 4.98 Å². The number of ketones is 1. The van der Waals surface area contributed by atoms with Gasteiger partial charge in [-0.15, -0.1) is 15.6 Å². The van der Waals surface area contributed by atoms with Gasteiger partial charge in [0.2, 0.25) is 0 Å². The van der Waals surface area contributed by atoms with Crippen LogP contribution < -0.4 is 27.7 Å². The first-order chi connectivity index (χ1) is 19.3. The number of thiazole rings is 1. The molecule has 1 aliphatic rings. The lowest BCUT2D eigenvalue weighted by Crippen LogP contribution is -2.68. The maximum Gasteiger partial charge on any atom is 0.418 e. The lowest BCUT2D eigenvalue weighted by atomic mass is 9.74. The predicted octanol–water partition coefficient (Wildman–Crippen LogP) is -0.553. The van der Waals surface area contributed by atoms with E-state index in [-0.39, 0.29) is 55.3 Å². The predicted molar refractivity (Wildman–Crippen MR) is 150 cm³/mol. The Morgan fingerprint density at radius 2 is 1.88 bits per heavy atom. The number of amides is 1. The second-order valence-electron chi connectivity index (χ2n) is 9.32. The highest BCUT2D eigenvalue weighted by atomic mass is 32.3. The number of nitrogens with zero attached hydrogens (tertiary/aromatic N) is 4. The minimum Gasteiger partial charge on any atom is -0.490 e. The Morgan fingerprint density at radius 3 is 2.41 bits per heavy atom. The fraction of sp³-hybridized carbons (Fsp3) is 0.435. The van der Waals surface area contributed by atoms with E-state index >= 15 is 0 Å². The van der Waals surface area contributed by atoms with Gasteiger partial charge in [0.25, 0.3) is 5.91 Å². The quantitative estimate of drug-likeness (QED) is 0.0422. The summed E-state index contributed by atoms with van der Waals surface area (Å²) in [6.45, 7) is 3.56. The molecular weight excluding hydrogens is 580 g/mol. The number of β-lactam (4-membered cyclic amide) rings is 1. The normalized spacial score (nSPS) is 17.5. The summed E-state index contributed by atoms with van der Waals surface area (Å²) in [5.74, 6) is -1.53. The van der Waals surface area contributed by atoms with E-state index in [4.69, 9.17) is 37.1 Å². The molecule has 9 N–H and O–H groups in total. The monoisotopic (exact) mass is 612 g/mol. The number of ether oxygens (including phenoxy) is 1. The van der Waals surface area contributed by atoms with Crippen molar-refractivity contribution in [3.63, 3.8) is 0 Å². The standard InChI is InChI=1S/C23H32N8O8S2/c1-23(2)16(21(33)31(23)39-41(34,35)36)9-18(32)19(17-12-40-22(27)29-17)30-38-8-7-37-15-5-3-13(4-6-15)20(26)28-14(10-24)11-25/h3-6,12,14,16H,7-11,24-25H2,1-2H3,(H2,26,28)(H2,27,29)(H,34,35,36)/b30-19-. The topological polar surface area (TPSA) is 261 Å². The zero-order chi connectivity index (χ0) is 30.4. The van der Waals surface area contributed by atoms with E-state index in [0.29, 0.717) is 22.2 Å². The summed E-state index contributed by atoms with van der Waals surface area (Å²) in [4.78, 5) is 39.2. The van der Waals surface area contributed by atoms with Crippen LogP contribution in [0, 0.1) is 5.92 Å². The third-order valence-corrected chi connectivity index (χ3v) is 7.09. The van der Waals surface area contributed by atoms with Crippen LogP contribution in [-0.2, 0) is 29.1 Å². The van der Waals surface area contributed by atoms with Crippen LogP contribution in [0.5, 0.6) is 5.75 Å². The van der Waals surface area contributed by atoms with Gasteiger partial charge in [-0.1, -0.05) is 5.16 Å². The highest BCUT2D eigenvalue weighted by Gasteiger charge is 2.57. The number of nitrogen functional groups attached to an aromatic ring is 1. The number of hydrogen-bond acceptors (Lipinski definition) is 14. The van der Waals surface area contributed by atoms with E-state index in [1.54, 1.807) is 24.3 Å². The van der Waals surface area contributed by atoms with Crippen LogP contribution in [0.4, 0.5) is 5.13 Å². The molecule has 1 fully saturated rings. The third-order valence-electron chi connectivity index (χ3n) is 6.08. The SMILES string of the molecule is CC1(C)C(CC(=O)/C(=N\OCCOc2ccc(C(N)=NC(CN)CN)cc2)c2csc(N)n2)C(=O)N1OS(=O)(=O)O. The molecule has 2 aromatic rings. The maximum atomic E-state index is 13.1. The Morgan fingerprint density at radius 1 is 1.22 bits per heavy atom. The number of nitrogens with two attached hydrogens (primary N) is 4. The minimum absolute atomic E-state index is 0.0414. The number of oxime groups is 1. The molecule has 0 bridgehead atoms. The smallest absolute Gasteiger partial charge is 0.418 e. The number of anilines is 1. The van der Waals surface area contributed by atoms with Crippen LogP contribution in [-0.4, -0.2) is 84.1 Å². The second kappa shape index (κ2) is 13.3. The highest BCUT2D eigenvalue weighted by Crippen LogP contribution is 2.40. The number of Topliss-reactive ketones (excluding diaryl/α,β-unsaturated/α-hetero) is 1. The number of amidine groups is 1. The first-order valence-electron chi connectivity index (χ1n) is 12.2. The lowest BCUT2D eigenvalue weighted by Gasteiger charge is -2.50. The summed E-state index contributed by atoms with van der Waals surface area (Å²) in [5.41, 5.74) is 22.3. The summed E-state index contributed by atoms with van der Waals surface area (Å²) in [6.07, 6.45) is -0.358. The van der Waals surface area contributed by atoms with Crippen molar-refractivity contribution in [1.29, 1.82) is 0 Å². The highest BCUT2D eigenvalue weighted by molar-refractivity contribution is 7.80. The van der Waals surface area contributed by atoms with Crippen molar-refractivity contribution in [2.75, 3.05) is 32.0 Å². The molecule has 1 amide bonds. The molecular formula is C23H32N8O8S2. The first-order valence-corrected chi connectivity index (χ1v) is 14.4. The maximum absolute atomic E-state index is 13.1. The molecule has 41 heavy (non-hydrogen) atoms. The van der Waals surface area contributed by atoms with Gasteiger partial charge in [0.05, 0.1) is 17.5 Å². The number of carbonyl (C=O) groups is 2. The van der Waals surface area contributed by atoms with Crippen molar-refractivity contribution in [3.05, 3.63) is 40.9 Å². The molecule has 1 aromatic carbocycles. The molecule has 3 rings (SSSR count). The van der Waals surface area contributed by atoms with E-state index in [0.717, 1.165) is 11.3 Å². The van der Waals surface area contributed by atoms with Crippen LogP contribution in [0.15, 0.2) is 39.8 Å². The molecule has 2 heterocycles. The molecule has 1 unspecified atom stereocenters. The van der Waals surface area contributed by atoms with E-state index in [1.165, 1.54) is 19.2 Å². The molecule has 1 saturated heterocycles. The van der Waals surface area contributed by atoms with Crippen LogP contribution in [0.1, 0.15) is 31.5 Å². The Hall–Kier alpha value is -3.68. The van der Waals surface area contributed by atoms with Gasteiger partial charge in [-0.3, -0.25) is 19.1 Å². The molecule has 1 aromatic heterocycles. The fourth-order valence-electron chi connectivity index (χ4n) is 3.79. The van der Waals surface area contributed by atoms with Gasteiger partial charge >= 0.3 is 10.4 Å². The number of hydrogen-bond donors (Lipinski definition) is 5. The largest absolute Gasteiger partial charge is 0.490 e. The van der Waals surface area contributed by atoms with E-state index in [2.05, 4.69) is 19.4 Å². The number of aliphatic imine (C=N–C) groups is 1. The number of carbonyl (C=O) groups excluding carboxylic acids is 2. The summed E-state index contributed by atoms with van der Waals surface area (Å²) in [7, 11) is -4.92. The average Bonchev–Trinajstić information content (AvgIpc) is 3.35. The molecule has 0 saturated carbocycles. The average molecular weight is 613 g/mol. The third kappa shape index (κ3) is 8.18. The Labute approximate surface area is 240 Å². The summed E-state index contributed by atoms with van der Waals surface area (Å²) in [5, 5.41) is 6.10. The van der Waals surface area contributed by atoms with Gasteiger partial charge in [-0.2, -0.15) is 13.5 Å². The molecule has 0 radical (unpaired) electrons. The van der Waals surface area contributed by atoms with E-state index in [1.807, 2.05) is 0 Å². The van der Waals surface area contributed by atoms with Gasteiger partial charge in [0.15, 0.2) is 23.2 Å². The number of hydroxylamine groups is 2. The second-order valence-corrected chi connectivity index (χ2v) is 11.2. The molecule has 0 aliphatic carbocycles. The van der Waals surface area contributed by atoms with Crippen molar-refractivity contribution in [3.8, 4) is 5.75 Å². The minimum atomic E-state index is -4.92. The summed E-state index contributed by atoms with van der Waals surface area (Å²) < 4.78 is 40.9. The Kier molecular flexibility index (Phi) is 10.3. The zero-order valence-electron chi connectivity index (χ0n) is 22.3. The van der Waals surface area contributed by atoms with E-state index in [9.17, 15) is 18.0 Å². The molecule has 1 aliphatic heterocycles. The number of aromatic nitrogens is 1. The first kappa shape index (κ1) is 31.8.